The molecule has 0 radical (unpaired) electrons. The second-order valence-corrected chi connectivity index (χ2v) is 9.60. The maximum atomic E-state index is 13.3. The van der Waals surface area contributed by atoms with Crippen molar-refractivity contribution in [1.29, 1.82) is 0 Å². The molecule has 3 aromatic rings. The summed E-state index contributed by atoms with van der Waals surface area (Å²) >= 11 is 2.25. The van der Waals surface area contributed by atoms with Crippen LogP contribution in [0.4, 0.5) is 10.5 Å². The van der Waals surface area contributed by atoms with Crippen LogP contribution in [-0.4, -0.2) is 24.5 Å². The van der Waals surface area contributed by atoms with Crippen molar-refractivity contribution in [1.82, 2.24) is 5.32 Å². The van der Waals surface area contributed by atoms with E-state index in [1.54, 1.807) is 30.3 Å². The van der Waals surface area contributed by atoms with Crippen molar-refractivity contribution in [2.24, 2.45) is 0 Å². The van der Waals surface area contributed by atoms with Gasteiger partial charge >= 0.3 is 6.03 Å². The predicted molar refractivity (Wildman–Crippen MR) is 146 cm³/mol. The lowest BCUT2D eigenvalue weighted by Gasteiger charge is -2.27. The highest BCUT2D eigenvalue weighted by Gasteiger charge is 2.37. The van der Waals surface area contributed by atoms with E-state index in [2.05, 4.69) is 27.9 Å². The van der Waals surface area contributed by atoms with Gasteiger partial charge in [-0.3, -0.25) is 14.9 Å². The first-order valence-electron chi connectivity index (χ1n) is 11.4. The Morgan fingerprint density at radius 2 is 1.58 bits per heavy atom. The lowest BCUT2D eigenvalue weighted by atomic mass is 10.0. The van der Waals surface area contributed by atoms with Gasteiger partial charge in [-0.2, -0.15) is 0 Å². The molecular weight excluding hydrogens is 571 g/mol. The number of anilines is 1. The molecule has 0 aromatic heterocycles. The molecule has 4 amide bonds. The minimum atomic E-state index is -0.776. The Morgan fingerprint density at radius 3 is 2.25 bits per heavy atom. The molecule has 0 bridgehead atoms. The third-order valence-corrected chi connectivity index (χ3v) is 6.17. The number of carbonyl (C=O) groups excluding carboxylic acids is 3. The van der Waals surface area contributed by atoms with Crippen LogP contribution in [0.5, 0.6) is 11.5 Å². The van der Waals surface area contributed by atoms with Crippen LogP contribution < -0.4 is 19.7 Å². The van der Waals surface area contributed by atoms with Crippen LogP contribution in [0.2, 0.25) is 0 Å². The van der Waals surface area contributed by atoms with E-state index in [1.807, 2.05) is 51.1 Å². The highest BCUT2D eigenvalue weighted by atomic mass is 127. The van der Waals surface area contributed by atoms with E-state index < -0.39 is 17.8 Å². The zero-order valence-corrected chi connectivity index (χ0v) is 22.3. The smallest absolute Gasteiger partial charge is 0.335 e. The summed E-state index contributed by atoms with van der Waals surface area (Å²) in [7, 11) is 0. The van der Waals surface area contributed by atoms with E-state index in [4.69, 9.17) is 9.47 Å². The third-order valence-electron chi connectivity index (χ3n) is 5.45. The normalized spacial score (nSPS) is 14.7. The van der Waals surface area contributed by atoms with E-state index >= 15 is 0 Å². The Bertz CT molecular complexity index is 1340. The molecule has 1 aliphatic rings. The summed E-state index contributed by atoms with van der Waals surface area (Å²) in [5.74, 6) is -0.402. The molecule has 3 aromatic carbocycles. The first kappa shape index (κ1) is 25.4. The molecule has 0 saturated carbocycles. The lowest BCUT2D eigenvalue weighted by Crippen LogP contribution is -2.54. The molecule has 36 heavy (non-hydrogen) atoms. The fraction of sp³-hybridized carbons (Fsp3) is 0.179. The predicted octanol–water partition coefficient (Wildman–Crippen LogP) is 5.55. The second kappa shape index (κ2) is 10.9. The standard InChI is InChI=1S/C28H25IN2O5/c1-4-35-25-15-20(7-10-24(25)36-16-19-5-8-21(29)9-6-19)14-23-26(32)30-28(34)31(27(23)33)22-12-17(2)11-18(3)13-22/h5-15H,4,16H2,1-3H3,(H,30,32,34)/b23-14+. The van der Waals surface area contributed by atoms with Gasteiger partial charge in [-0.05, 0) is 108 Å². The number of nitrogens with zero attached hydrogens (tertiary/aromatic N) is 1. The summed E-state index contributed by atoms with van der Waals surface area (Å²) in [6, 6.07) is 17.8. The number of hydrogen-bond donors (Lipinski definition) is 1. The Kier molecular flexibility index (Phi) is 7.73. The van der Waals surface area contributed by atoms with E-state index in [0.717, 1.165) is 25.2 Å². The van der Waals surface area contributed by atoms with Crippen molar-refractivity contribution < 1.29 is 23.9 Å². The monoisotopic (exact) mass is 596 g/mol. The van der Waals surface area contributed by atoms with Crippen molar-refractivity contribution in [3.8, 4) is 11.5 Å². The van der Waals surface area contributed by atoms with Crippen LogP contribution in [0.15, 0.2) is 66.2 Å². The lowest BCUT2D eigenvalue weighted by molar-refractivity contribution is -0.122. The first-order chi connectivity index (χ1) is 17.2. The largest absolute Gasteiger partial charge is 0.490 e. The Labute approximate surface area is 223 Å². The number of imide groups is 2. The van der Waals surface area contributed by atoms with Crippen molar-refractivity contribution in [3.05, 3.63) is 92.1 Å². The zero-order chi connectivity index (χ0) is 25.8. The molecular formula is C28H25IN2O5. The number of barbiturate groups is 1. The topological polar surface area (TPSA) is 84.9 Å². The van der Waals surface area contributed by atoms with Gasteiger partial charge in [-0.15, -0.1) is 0 Å². The highest BCUT2D eigenvalue weighted by Crippen LogP contribution is 2.31. The summed E-state index contributed by atoms with van der Waals surface area (Å²) in [6.07, 6.45) is 1.45. The van der Waals surface area contributed by atoms with E-state index in [0.29, 0.717) is 36.0 Å². The summed E-state index contributed by atoms with van der Waals surface area (Å²) in [6.45, 7) is 6.39. The molecule has 184 valence electrons. The molecule has 0 unspecified atom stereocenters. The van der Waals surface area contributed by atoms with Gasteiger partial charge in [0.2, 0.25) is 0 Å². The molecule has 0 atom stereocenters. The van der Waals surface area contributed by atoms with E-state index in [1.165, 1.54) is 6.08 Å². The molecule has 1 heterocycles. The zero-order valence-electron chi connectivity index (χ0n) is 20.1. The molecule has 0 aliphatic carbocycles. The van der Waals surface area contributed by atoms with Gasteiger partial charge in [-0.1, -0.05) is 24.3 Å². The van der Waals surface area contributed by atoms with Gasteiger partial charge in [0.05, 0.1) is 12.3 Å². The molecule has 7 nitrogen and oxygen atoms in total. The molecule has 1 fully saturated rings. The number of urea groups is 1. The Balaban J connectivity index is 1.62. The summed E-state index contributed by atoms with van der Waals surface area (Å²) < 4.78 is 12.9. The summed E-state index contributed by atoms with van der Waals surface area (Å²) in [5, 5.41) is 2.26. The summed E-state index contributed by atoms with van der Waals surface area (Å²) in [5.41, 5.74) is 3.63. The number of benzene rings is 3. The molecule has 1 N–H and O–H groups in total. The quantitative estimate of drug-likeness (QED) is 0.220. The molecule has 1 aliphatic heterocycles. The number of carbonyl (C=O) groups is 3. The second-order valence-electron chi connectivity index (χ2n) is 8.36. The van der Waals surface area contributed by atoms with Crippen LogP contribution >= 0.6 is 22.6 Å². The minimum absolute atomic E-state index is 0.149. The van der Waals surface area contributed by atoms with Gasteiger partial charge in [0.25, 0.3) is 11.8 Å². The van der Waals surface area contributed by atoms with Crippen molar-refractivity contribution >= 4 is 52.2 Å². The van der Waals surface area contributed by atoms with Crippen molar-refractivity contribution in [2.75, 3.05) is 11.5 Å². The van der Waals surface area contributed by atoms with E-state index in [9.17, 15) is 14.4 Å². The molecule has 1 saturated heterocycles. The molecule has 0 spiro atoms. The molecule has 8 heteroatoms. The number of hydrogen-bond acceptors (Lipinski definition) is 5. The SMILES string of the molecule is CCOc1cc(/C=C2\C(=O)NC(=O)N(c3cc(C)cc(C)c3)C2=O)ccc1OCc1ccc(I)cc1. The number of halogens is 1. The number of aryl methyl sites for hydroxylation is 2. The maximum absolute atomic E-state index is 13.3. The van der Waals surface area contributed by atoms with Crippen LogP contribution in [0, 0.1) is 17.4 Å². The number of rotatable bonds is 7. The first-order valence-corrected chi connectivity index (χ1v) is 12.5. The average molecular weight is 596 g/mol. The van der Waals surface area contributed by atoms with Gasteiger partial charge in [0.15, 0.2) is 11.5 Å². The fourth-order valence-corrected chi connectivity index (χ4v) is 4.24. The third kappa shape index (κ3) is 5.76. The van der Waals surface area contributed by atoms with Crippen LogP contribution in [0.1, 0.15) is 29.2 Å². The maximum Gasteiger partial charge on any atom is 0.335 e. The van der Waals surface area contributed by atoms with Crippen molar-refractivity contribution in [2.45, 2.75) is 27.4 Å². The molecule has 4 rings (SSSR count). The van der Waals surface area contributed by atoms with Crippen LogP contribution in [-0.2, 0) is 16.2 Å². The summed E-state index contributed by atoms with van der Waals surface area (Å²) in [4.78, 5) is 39.4. The van der Waals surface area contributed by atoms with Gasteiger partial charge in [-0.25, -0.2) is 9.69 Å². The minimum Gasteiger partial charge on any atom is -0.490 e. The Hall–Kier alpha value is -3.66. The van der Waals surface area contributed by atoms with Gasteiger partial charge < -0.3 is 9.47 Å². The highest BCUT2D eigenvalue weighted by molar-refractivity contribution is 14.1. The average Bonchev–Trinajstić information content (AvgIpc) is 2.82. The van der Waals surface area contributed by atoms with Crippen molar-refractivity contribution in [3.63, 3.8) is 0 Å². The van der Waals surface area contributed by atoms with Gasteiger partial charge in [0, 0.05) is 3.57 Å². The number of nitrogens with one attached hydrogen (secondary N) is 1. The fourth-order valence-electron chi connectivity index (χ4n) is 3.88. The van der Waals surface area contributed by atoms with Crippen LogP contribution in [0.25, 0.3) is 6.08 Å². The number of amides is 4. The van der Waals surface area contributed by atoms with E-state index in [-0.39, 0.29) is 5.57 Å². The van der Waals surface area contributed by atoms with Gasteiger partial charge in [0.1, 0.15) is 12.2 Å². The number of ether oxygens (including phenoxy) is 2. The van der Waals surface area contributed by atoms with Crippen LogP contribution in [0.3, 0.4) is 0 Å². The Morgan fingerprint density at radius 1 is 0.889 bits per heavy atom.